The van der Waals surface area contributed by atoms with E-state index in [-0.39, 0.29) is 17.7 Å². The summed E-state index contributed by atoms with van der Waals surface area (Å²) in [6, 6.07) is 1.67. The van der Waals surface area contributed by atoms with E-state index in [1.807, 2.05) is 0 Å². The molecule has 1 aromatic rings. The third-order valence-corrected chi connectivity index (χ3v) is 4.11. The van der Waals surface area contributed by atoms with Crippen LogP contribution in [0.5, 0.6) is 0 Å². The van der Waals surface area contributed by atoms with Gasteiger partial charge < -0.3 is 14.6 Å². The highest BCUT2D eigenvalue weighted by molar-refractivity contribution is 5.94. The number of nitrogens with zero attached hydrogens (tertiary/aromatic N) is 1. The molecule has 5 nitrogen and oxygen atoms in total. The summed E-state index contributed by atoms with van der Waals surface area (Å²) >= 11 is 0. The van der Waals surface area contributed by atoms with E-state index in [2.05, 4.69) is 5.32 Å². The Kier molecular flexibility index (Phi) is 3.76. The molecule has 1 unspecified atom stereocenters. The molecule has 1 saturated carbocycles. The predicted molar refractivity (Wildman–Crippen MR) is 73.1 cm³/mol. The number of piperidine rings is 1. The first kappa shape index (κ1) is 13.2. The SMILES string of the molecule is O=C(NCC1CC1)C1CCCN(C(=O)c2ccoc2)C1. The monoisotopic (exact) mass is 276 g/mol. The van der Waals surface area contributed by atoms with Crippen molar-refractivity contribution in [2.75, 3.05) is 19.6 Å². The maximum atomic E-state index is 12.2. The van der Waals surface area contributed by atoms with Crippen LogP contribution >= 0.6 is 0 Å². The Morgan fingerprint density at radius 2 is 2.20 bits per heavy atom. The maximum Gasteiger partial charge on any atom is 0.257 e. The number of amides is 2. The maximum absolute atomic E-state index is 12.2. The molecule has 5 heteroatoms. The highest BCUT2D eigenvalue weighted by atomic mass is 16.3. The topological polar surface area (TPSA) is 62.6 Å². The van der Waals surface area contributed by atoms with Gasteiger partial charge in [-0.15, -0.1) is 0 Å². The molecule has 2 amide bonds. The number of carbonyl (C=O) groups excluding carboxylic acids is 2. The van der Waals surface area contributed by atoms with Gasteiger partial charge in [-0.3, -0.25) is 9.59 Å². The van der Waals surface area contributed by atoms with Gasteiger partial charge in [-0.2, -0.15) is 0 Å². The van der Waals surface area contributed by atoms with Crippen LogP contribution in [0.2, 0.25) is 0 Å². The van der Waals surface area contributed by atoms with Gasteiger partial charge in [0, 0.05) is 19.6 Å². The first-order valence-corrected chi connectivity index (χ1v) is 7.33. The molecule has 20 heavy (non-hydrogen) atoms. The van der Waals surface area contributed by atoms with Crippen LogP contribution in [0, 0.1) is 11.8 Å². The lowest BCUT2D eigenvalue weighted by Crippen LogP contribution is -2.45. The summed E-state index contributed by atoms with van der Waals surface area (Å²) in [5, 5.41) is 3.01. The van der Waals surface area contributed by atoms with Crippen LogP contribution in [0.3, 0.4) is 0 Å². The highest BCUT2D eigenvalue weighted by Crippen LogP contribution is 2.28. The summed E-state index contributed by atoms with van der Waals surface area (Å²) < 4.78 is 4.95. The van der Waals surface area contributed by atoms with E-state index in [1.54, 1.807) is 11.0 Å². The Hall–Kier alpha value is -1.78. The van der Waals surface area contributed by atoms with Crippen LogP contribution in [0.4, 0.5) is 0 Å². The molecule has 0 spiro atoms. The minimum atomic E-state index is -0.0710. The van der Waals surface area contributed by atoms with E-state index < -0.39 is 0 Å². The minimum Gasteiger partial charge on any atom is -0.472 e. The second-order valence-corrected chi connectivity index (χ2v) is 5.79. The fourth-order valence-corrected chi connectivity index (χ4v) is 2.66. The fourth-order valence-electron chi connectivity index (χ4n) is 2.66. The highest BCUT2D eigenvalue weighted by Gasteiger charge is 2.30. The molecule has 0 bridgehead atoms. The molecular weight excluding hydrogens is 256 g/mol. The van der Waals surface area contributed by atoms with Crippen molar-refractivity contribution in [3.05, 3.63) is 24.2 Å². The summed E-state index contributed by atoms with van der Waals surface area (Å²) in [6.45, 7) is 2.03. The first-order valence-electron chi connectivity index (χ1n) is 7.33. The molecule has 3 rings (SSSR count). The Balaban J connectivity index is 1.55. The average Bonchev–Trinajstić information content (AvgIpc) is 3.15. The van der Waals surface area contributed by atoms with Gasteiger partial charge in [-0.25, -0.2) is 0 Å². The lowest BCUT2D eigenvalue weighted by molar-refractivity contribution is -0.126. The van der Waals surface area contributed by atoms with Crippen LogP contribution in [-0.4, -0.2) is 36.3 Å². The van der Waals surface area contributed by atoms with Crippen molar-refractivity contribution in [2.24, 2.45) is 11.8 Å². The number of likely N-dealkylation sites (tertiary alicyclic amines) is 1. The van der Waals surface area contributed by atoms with Crippen molar-refractivity contribution in [3.8, 4) is 0 Å². The minimum absolute atomic E-state index is 0.0431. The zero-order valence-corrected chi connectivity index (χ0v) is 11.5. The van der Waals surface area contributed by atoms with Crippen molar-refractivity contribution < 1.29 is 14.0 Å². The van der Waals surface area contributed by atoms with Crippen LogP contribution in [0.25, 0.3) is 0 Å². The molecule has 1 N–H and O–H groups in total. The molecule has 1 saturated heterocycles. The standard InChI is InChI=1S/C15H20N2O3/c18-14(16-8-11-3-4-11)12-2-1-6-17(9-12)15(19)13-5-7-20-10-13/h5,7,10-12H,1-4,6,8-9H2,(H,16,18). The Morgan fingerprint density at radius 3 is 2.90 bits per heavy atom. The van der Waals surface area contributed by atoms with Gasteiger partial charge in [0.15, 0.2) is 0 Å². The molecule has 0 radical (unpaired) electrons. The average molecular weight is 276 g/mol. The van der Waals surface area contributed by atoms with Gasteiger partial charge in [0.1, 0.15) is 6.26 Å². The van der Waals surface area contributed by atoms with Gasteiger partial charge in [-0.05, 0) is 37.7 Å². The van der Waals surface area contributed by atoms with Crippen molar-refractivity contribution in [1.82, 2.24) is 10.2 Å². The van der Waals surface area contributed by atoms with E-state index in [9.17, 15) is 9.59 Å². The zero-order chi connectivity index (χ0) is 13.9. The van der Waals surface area contributed by atoms with Crippen molar-refractivity contribution >= 4 is 11.8 Å². The molecule has 108 valence electrons. The van der Waals surface area contributed by atoms with Crippen molar-refractivity contribution in [3.63, 3.8) is 0 Å². The second-order valence-electron chi connectivity index (χ2n) is 5.79. The Morgan fingerprint density at radius 1 is 1.35 bits per heavy atom. The van der Waals surface area contributed by atoms with Crippen LogP contribution in [-0.2, 0) is 4.79 Å². The quantitative estimate of drug-likeness (QED) is 0.909. The molecule has 1 atom stereocenters. The molecule has 1 aliphatic heterocycles. The lowest BCUT2D eigenvalue weighted by atomic mass is 9.96. The molecule has 1 aliphatic carbocycles. The van der Waals surface area contributed by atoms with Gasteiger partial charge in [0.25, 0.3) is 5.91 Å². The smallest absolute Gasteiger partial charge is 0.257 e. The summed E-state index contributed by atoms with van der Waals surface area (Å²) in [4.78, 5) is 26.1. The van der Waals surface area contributed by atoms with Gasteiger partial charge in [-0.1, -0.05) is 0 Å². The van der Waals surface area contributed by atoms with Crippen LogP contribution in [0.15, 0.2) is 23.0 Å². The van der Waals surface area contributed by atoms with E-state index in [4.69, 9.17) is 4.42 Å². The molecule has 1 aromatic heterocycles. The fraction of sp³-hybridized carbons (Fsp3) is 0.600. The molecule has 2 fully saturated rings. The van der Waals surface area contributed by atoms with Crippen LogP contribution < -0.4 is 5.32 Å². The number of furan rings is 1. The number of hydrogen-bond acceptors (Lipinski definition) is 3. The van der Waals surface area contributed by atoms with Crippen LogP contribution in [0.1, 0.15) is 36.0 Å². The number of hydrogen-bond donors (Lipinski definition) is 1. The van der Waals surface area contributed by atoms with E-state index >= 15 is 0 Å². The Bertz CT molecular complexity index is 479. The molecule has 0 aromatic carbocycles. The third kappa shape index (κ3) is 3.03. The number of nitrogens with one attached hydrogen (secondary N) is 1. The normalized spacial score (nSPS) is 22.6. The summed E-state index contributed by atoms with van der Waals surface area (Å²) in [5.74, 6) is 0.671. The lowest BCUT2D eigenvalue weighted by Gasteiger charge is -2.31. The second kappa shape index (κ2) is 5.69. The van der Waals surface area contributed by atoms with Crippen molar-refractivity contribution in [1.29, 1.82) is 0 Å². The van der Waals surface area contributed by atoms with E-state index in [0.29, 0.717) is 18.0 Å². The third-order valence-electron chi connectivity index (χ3n) is 4.11. The van der Waals surface area contributed by atoms with Gasteiger partial charge in [0.2, 0.25) is 5.91 Å². The molecule has 2 aliphatic rings. The summed E-state index contributed by atoms with van der Waals surface area (Å²) in [5.41, 5.74) is 0.559. The van der Waals surface area contributed by atoms with Crippen molar-refractivity contribution in [2.45, 2.75) is 25.7 Å². The van der Waals surface area contributed by atoms with Gasteiger partial charge in [0.05, 0.1) is 17.7 Å². The summed E-state index contributed by atoms with van der Waals surface area (Å²) in [6.07, 6.45) is 7.17. The molecule has 2 heterocycles. The van der Waals surface area contributed by atoms with E-state index in [1.165, 1.54) is 25.4 Å². The zero-order valence-electron chi connectivity index (χ0n) is 11.5. The van der Waals surface area contributed by atoms with Gasteiger partial charge >= 0.3 is 0 Å². The predicted octanol–water partition coefficient (Wildman–Crippen LogP) is 1.66. The largest absolute Gasteiger partial charge is 0.472 e. The first-order chi connectivity index (χ1) is 9.74. The number of carbonyl (C=O) groups is 2. The summed E-state index contributed by atoms with van der Waals surface area (Å²) in [7, 11) is 0. The Labute approximate surface area is 118 Å². The molecular formula is C15H20N2O3. The van der Waals surface area contributed by atoms with E-state index in [0.717, 1.165) is 25.9 Å². The number of rotatable bonds is 4.